The Kier molecular flexibility index (Phi) is 5.92. The predicted octanol–water partition coefficient (Wildman–Crippen LogP) is 3.64. The van der Waals surface area contributed by atoms with Gasteiger partial charge in [0, 0.05) is 36.4 Å². The average Bonchev–Trinajstić information content (AvgIpc) is 3.67. The second kappa shape index (κ2) is 9.02. The molecule has 0 bridgehead atoms. The molecule has 1 N–H and O–H groups in total. The molecule has 2 aromatic carbocycles. The van der Waals surface area contributed by atoms with Gasteiger partial charge in [0.15, 0.2) is 11.5 Å². The Morgan fingerprint density at radius 1 is 1.17 bits per heavy atom. The van der Waals surface area contributed by atoms with Gasteiger partial charge in [-0.25, -0.2) is 8.42 Å². The molecule has 3 aliphatic heterocycles. The summed E-state index contributed by atoms with van der Waals surface area (Å²) in [5.74, 6) is -0.0735. The molecule has 0 radical (unpaired) electrons. The first-order valence-corrected chi connectivity index (χ1v) is 16.0. The van der Waals surface area contributed by atoms with Crippen LogP contribution in [-0.4, -0.2) is 56.0 Å². The smallest absolute Gasteiger partial charge is 0.327 e. The van der Waals surface area contributed by atoms with E-state index in [2.05, 4.69) is 5.32 Å². The Morgan fingerprint density at radius 2 is 1.88 bits per heavy atom. The third kappa shape index (κ3) is 3.50. The molecule has 41 heavy (non-hydrogen) atoms. The van der Waals surface area contributed by atoms with Gasteiger partial charge in [-0.05, 0) is 68.0 Å². The van der Waals surface area contributed by atoms with Crippen molar-refractivity contribution in [3.8, 4) is 11.5 Å². The molecule has 5 aliphatic rings. The number of sulfonamides is 1. The van der Waals surface area contributed by atoms with Gasteiger partial charge in [0.25, 0.3) is 0 Å². The van der Waals surface area contributed by atoms with Crippen molar-refractivity contribution in [1.29, 1.82) is 0 Å². The molecule has 218 valence electrons. The maximum Gasteiger partial charge on any atom is 0.327 e. The molecular weight excluding hydrogens is 544 g/mol. The van der Waals surface area contributed by atoms with Crippen molar-refractivity contribution in [3.63, 3.8) is 0 Å². The Labute approximate surface area is 240 Å². The summed E-state index contributed by atoms with van der Waals surface area (Å²) in [4.78, 5) is 28.4. The number of ether oxygens (including phenoxy) is 3. The van der Waals surface area contributed by atoms with Gasteiger partial charge >= 0.3 is 5.97 Å². The molecule has 6 atom stereocenters. The summed E-state index contributed by atoms with van der Waals surface area (Å²) < 4.78 is 46.9. The lowest BCUT2D eigenvalue weighted by Gasteiger charge is -2.48. The number of Topliss-reactive ketones (excluding diaryl/α,β-unsaturated/α-hetero) is 1. The van der Waals surface area contributed by atoms with Crippen molar-refractivity contribution < 1.29 is 32.2 Å². The number of nitrogens with zero attached hydrogens (tertiary/aromatic N) is 1. The minimum absolute atomic E-state index is 0.0355. The summed E-state index contributed by atoms with van der Waals surface area (Å²) in [6.07, 6.45) is 1.03. The molecule has 2 aromatic rings. The Balaban J connectivity index is 1.42. The van der Waals surface area contributed by atoms with Crippen LogP contribution >= 0.6 is 0 Å². The van der Waals surface area contributed by atoms with Crippen molar-refractivity contribution in [2.75, 3.05) is 19.9 Å². The highest BCUT2D eigenvalue weighted by Crippen LogP contribution is 2.69. The number of ketones is 1. The molecule has 0 unspecified atom stereocenters. The van der Waals surface area contributed by atoms with E-state index in [9.17, 15) is 18.0 Å². The number of esters is 1. The zero-order valence-corrected chi connectivity index (χ0v) is 24.6. The summed E-state index contributed by atoms with van der Waals surface area (Å²) >= 11 is 0. The van der Waals surface area contributed by atoms with Crippen LogP contribution in [0.15, 0.2) is 41.3 Å². The number of aryl methyl sites for hydroxylation is 1. The quantitative estimate of drug-likeness (QED) is 0.516. The number of benzene rings is 2. The molecule has 2 saturated heterocycles. The summed E-state index contributed by atoms with van der Waals surface area (Å²) in [5, 5.41) is 3.67. The second-order valence-corrected chi connectivity index (χ2v) is 14.5. The molecule has 2 aliphatic carbocycles. The summed E-state index contributed by atoms with van der Waals surface area (Å²) in [7, 11) is -3.88. The van der Waals surface area contributed by atoms with Crippen LogP contribution in [0.2, 0.25) is 0 Å². The number of carbonyl (C=O) groups is 2. The summed E-state index contributed by atoms with van der Waals surface area (Å²) in [6, 6.07) is 9.91. The monoisotopic (exact) mass is 580 g/mol. The van der Waals surface area contributed by atoms with Crippen LogP contribution < -0.4 is 14.8 Å². The van der Waals surface area contributed by atoms with Gasteiger partial charge in [0.1, 0.15) is 11.3 Å². The maximum absolute atomic E-state index is 14.3. The first-order chi connectivity index (χ1) is 19.5. The zero-order chi connectivity index (χ0) is 28.9. The number of nitrogens with one attached hydrogen (secondary N) is 1. The van der Waals surface area contributed by atoms with Crippen molar-refractivity contribution >= 4 is 21.8 Å². The molecule has 3 fully saturated rings. The fraction of sp³-hybridized carbons (Fsp3) is 0.548. The zero-order valence-electron chi connectivity index (χ0n) is 23.8. The first kappa shape index (κ1) is 26.9. The highest BCUT2D eigenvalue weighted by atomic mass is 32.2. The number of carbonyl (C=O) groups excluding carboxylic acids is 2. The summed E-state index contributed by atoms with van der Waals surface area (Å²) in [5.41, 5.74) is 1.06. The maximum atomic E-state index is 14.3. The predicted molar refractivity (Wildman–Crippen MR) is 149 cm³/mol. The van der Waals surface area contributed by atoms with Gasteiger partial charge in [-0.3, -0.25) is 14.9 Å². The van der Waals surface area contributed by atoms with Crippen LogP contribution in [-0.2, 0) is 29.8 Å². The third-order valence-corrected chi connectivity index (χ3v) is 12.0. The van der Waals surface area contributed by atoms with E-state index in [1.165, 1.54) is 0 Å². The van der Waals surface area contributed by atoms with E-state index >= 15 is 0 Å². The van der Waals surface area contributed by atoms with Crippen LogP contribution in [0, 0.1) is 24.7 Å². The van der Waals surface area contributed by atoms with Crippen LogP contribution in [0.5, 0.6) is 11.5 Å². The van der Waals surface area contributed by atoms with E-state index in [0.29, 0.717) is 24.3 Å². The van der Waals surface area contributed by atoms with Gasteiger partial charge in [0.2, 0.25) is 16.8 Å². The van der Waals surface area contributed by atoms with Crippen molar-refractivity contribution in [2.24, 2.45) is 17.8 Å². The van der Waals surface area contributed by atoms with Gasteiger partial charge in [-0.2, -0.15) is 4.31 Å². The number of hydrogen-bond donors (Lipinski definition) is 1. The van der Waals surface area contributed by atoms with E-state index in [-0.39, 0.29) is 54.9 Å². The Hall–Kier alpha value is -2.95. The van der Waals surface area contributed by atoms with Crippen LogP contribution in [0.25, 0.3) is 0 Å². The molecule has 1 spiro atoms. The van der Waals surface area contributed by atoms with Crippen LogP contribution in [0.3, 0.4) is 0 Å². The fourth-order valence-corrected chi connectivity index (χ4v) is 10.4. The lowest BCUT2D eigenvalue weighted by Crippen LogP contribution is -2.62. The van der Waals surface area contributed by atoms with E-state index in [0.717, 1.165) is 16.7 Å². The Bertz CT molecular complexity index is 1550. The molecule has 10 heteroatoms. The van der Waals surface area contributed by atoms with E-state index in [1.54, 1.807) is 35.5 Å². The molecule has 9 nitrogen and oxygen atoms in total. The van der Waals surface area contributed by atoms with Gasteiger partial charge in [-0.1, -0.05) is 31.5 Å². The standard InChI is InChI=1S/C31H36N2O7S/c1-5-38-29(35)31(15-17(2)3)26-22(34)14-25-30(10-11-33(25)41(36,37)19-8-6-18(4)7-9-19)21-13-24-23(39-16-40-24)12-20(21)28(32-31)27(26)30/h6-9,12-13,17,25-28,32H,5,10-11,14-16H2,1-4H3/t25-,26-,27+,28+,30+,31+/m0/s1. The average molecular weight is 581 g/mol. The molecule has 3 heterocycles. The normalized spacial score (nSPS) is 33.1. The summed E-state index contributed by atoms with van der Waals surface area (Å²) in [6.45, 7) is 8.39. The molecule has 0 amide bonds. The van der Waals surface area contributed by atoms with Crippen molar-refractivity contribution in [2.45, 2.75) is 74.9 Å². The van der Waals surface area contributed by atoms with Gasteiger partial charge < -0.3 is 14.2 Å². The van der Waals surface area contributed by atoms with E-state index in [4.69, 9.17) is 14.2 Å². The number of fused-ring (bicyclic) bond motifs is 3. The molecule has 7 rings (SSSR count). The minimum Gasteiger partial charge on any atom is -0.465 e. The number of rotatable bonds is 6. The largest absolute Gasteiger partial charge is 0.465 e. The van der Waals surface area contributed by atoms with E-state index in [1.807, 2.05) is 32.9 Å². The highest BCUT2D eigenvalue weighted by molar-refractivity contribution is 7.89. The van der Waals surface area contributed by atoms with Crippen molar-refractivity contribution in [3.05, 3.63) is 53.1 Å². The Morgan fingerprint density at radius 3 is 2.56 bits per heavy atom. The SMILES string of the molecule is CCOC(=O)[C@]1(CC(C)C)N[C@@H]2c3cc4c(cc3[C@]35CCN(S(=O)(=O)c6ccc(C)cc6)[C@H]3CC(=O)[C@H]1[C@H]25)OCO4. The highest BCUT2D eigenvalue weighted by Gasteiger charge is 2.75. The van der Waals surface area contributed by atoms with Gasteiger partial charge in [-0.15, -0.1) is 0 Å². The molecule has 1 saturated carbocycles. The fourth-order valence-electron chi connectivity index (χ4n) is 8.77. The van der Waals surface area contributed by atoms with E-state index < -0.39 is 38.9 Å². The topological polar surface area (TPSA) is 111 Å². The lowest BCUT2D eigenvalue weighted by atomic mass is 9.55. The second-order valence-electron chi connectivity index (χ2n) is 12.6. The van der Waals surface area contributed by atoms with Crippen LogP contribution in [0.1, 0.15) is 62.8 Å². The van der Waals surface area contributed by atoms with Crippen molar-refractivity contribution in [1.82, 2.24) is 9.62 Å². The molecular formula is C31H36N2O7S. The van der Waals surface area contributed by atoms with Crippen LogP contribution in [0.4, 0.5) is 0 Å². The minimum atomic E-state index is -3.88. The lowest BCUT2D eigenvalue weighted by molar-refractivity contribution is -0.158. The third-order valence-electron chi connectivity index (χ3n) is 10.1. The molecule has 0 aromatic heterocycles. The first-order valence-electron chi connectivity index (χ1n) is 14.5. The number of hydrogen-bond acceptors (Lipinski definition) is 8. The van der Waals surface area contributed by atoms with Gasteiger partial charge in [0.05, 0.1) is 17.4 Å².